The zero-order valence-corrected chi connectivity index (χ0v) is 14.2. The van der Waals surface area contributed by atoms with Crippen LogP contribution in [0.1, 0.15) is 20.3 Å². The Bertz CT molecular complexity index is 844. The largest absolute Gasteiger partial charge is 0.394 e. The number of aromatic nitrogens is 4. The predicted molar refractivity (Wildman–Crippen MR) is 95.5 cm³/mol. The van der Waals surface area contributed by atoms with E-state index in [1.165, 1.54) is 12.1 Å². The first-order valence-corrected chi connectivity index (χ1v) is 8.27. The molecule has 2 aromatic heterocycles. The number of aliphatic hydroxyl groups is 1. The molecule has 7 nitrogen and oxygen atoms in total. The summed E-state index contributed by atoms with van der Waals surface area (Å²) in [5, 5.41) is 15.7. The summed E-state index contributed by atoms with van der Waals surface area (Å²) >= 11 is 0. The van der Waals surface area contributed by atoms with Crippen LogP contribution in [0.25, 0.3) is 11.2 Å². The number of rotatable bonds is 7. The highest BCUT2D eigenvalue weighted by atomic mass is 19.1. The van der Waals surface area contributed by atoms with E-state index < -0.39 is 0 Å². The van der Waals surface area contributed by atoms with Gasteiger partial charge in [-0.05, 0) is 37.6 Å². The summed E-state index contributed by atoms with van der Waals surface area (Å²) in [7, 11) is 0. The summed E-state index contributed by atoms with van der Waals surface area (Å²) in [6.07, 6.45) is 2.45. The van der Waals surface area contributed by atoms with Crippen molar-refractivity contribution in [1.29, 1.82) is 0 Å². The van der Waals surface area contributed by atoms with E-state index in [-0.39, 0.29) is 18.5 Å². The smallest absolute Gasteiger partial charge is 0.227 e. The minimum absolute atomic E-state index is 0.00827. The van der Waals surface area contributed by atoms with Gasteiger partial charge in [0.05, 0.1) is 19.0 Å². The first-order valence-electron chi connectivity index (χ1n) is 8.27. The molecule has 0 radical (unpaired) electrons. The number of imidazole rings is 1. The molecule has 132 valence electrons. The highest BCUT2D eigenvalue weighted by Gasteiger charge is 2.15. The highest BCUT2D eigenvalue weighted by molar-refractivity contribution is 5.86. The van der Waals surface area contributed by atoms with Crippen molar-refractivity contribution in [3.05, 3.63) is 36.4 Å². The first kappa shape index (κ1) is 17.1. The number of anilines is 3. The van der Waals surface area contributed by atoms with Gasteiger partial charge in [0.1, 0.15) is 5.82 Å². The van der Waals surface area contributed by atoms with Crippen LogP contribution in [0, 0.1) is 5.82 Å². The molecule has 3 rings (SSSR count). The van der Waals surface area contributed by atoms with E-state index in [0.717, 1.165) is 13.0 Å². The van der Waals surface area contributed by atoms with Gasteiger partial charge in [-0.25, -0.2) is 9.37 Å². The van der Waals surface area contributed by atoms with E-state index in [9.17, 15) is 9.50 Å². The van der Waals surface area contributed by atoms with Gasteiger partial charge in [0.25, 0.3) is 0 Å². The summed E-state index contributed by atoms with van der Waals surface area (Å²) in [6.45, 7) is 4.69. The fourth-order valence-corrected chi connectivity index (χ4v) is 2.46. The second-order valence-electron chi connectivity index (χ2n) is 5.66. The van der Waals surface area contributed by atoms with Crippen LogP contribution >= 0.6 is 0 Å². The Balaban J connectivity index is 2.02. The summed E-state index contributed by atoms with van der Waals surface area (Å²) < 4.78 is 15.0. The summed E-state index contributed by atoms with van der Waals surface area (Å²) in [4.78, 5) is 13.4. The normalized spacial score (nSPS) is 12.3. The van der Waals surface area contributed by atoms with Gasteiger partial charge >= 0.3 is 0 Å². The molecule has 0 aliphatic carbocycles. The molecule has 0 bridgehead atoms. The van der Waals surface area contributed by atoms with Gasteiger partial charge in [-0.2, -0.15) is 9.97 Å². The number of hydrogen-bond acceptors (Lipinski definition) is 6. The lowest BCUT2D eigenvalue weighted by atomic mass is 10.2. The van der Waals surface area contributed by atoms with E-state index in [2.05, 4.69) is 25.6 Å². The second kappa shape index (κ2) is 7.43. The van der Waals surface area contributed by atoms with Gasteiger partial charge < -0.3 is 20.3 Å². The minimum atomic E-state index is -0.301. The van der Waals surface area contributed by atoms with Crippen molar-refractivity contribution in [2.24, 2.45) is 0 Å². The quantitative estimate of drug-likeness (QED) is 0.611. The van der Waals surface area contributed by atoms with Crippen LogP contribution in [-0.4, -0.2) is 37.3 Å². The van der Waals surface area contributed by atoms with Crippen LogP contribution in [0.5, 0.6) is 0 Å². The predicted octanol–water partition coefficient (Wildman–Crippen LogP) is 2.91. The first-order chi connectivity index (χ1) is 12.1. The van der Waals surface area contributed by atoms with Crippen molar-refractivity contribution in [3.8, 4) is 0 Å². The zero-order chi connectivity index (χ0) is 17.8. The molecule has 0 aliphatic rings. The number of hydrogen-bond donors (Lipinski definition) is 3. The Morgan fingerprint density at radius 2 is 1.96 bits per heavy atom. The molecule has 3 N–H and O–H groups in total. The minimum Gasteiger partial charge on any atom is -0.394 e. The van der Waals surface area contributed by atoms with Crippen molar-refractivity contribution in [1.82, 2.24) is 19.5 Å². The molecular formula is C17H21FN6O. The third-order valence-corrected chi connectivity index (χ3v) is 3.96. The van der Waals surface area contributed by atoms with E-state index >= 15 is 0 Å². The average molecular weight is 344 g/mol. The van der Waals surface area contributed by atoms with E-state index in [0.29, 0.717) is 28.6 Å². The number of halogens is 1. The molecule has 1 aromatic carbocycles. The van der Waals surface area contributed by atoms with E-state index in [1.54, 1.807) is 18.5 Å². The van der Waals surface area contributed by atoms with Gasteiger partial charge in [-0.3, -0.25) is 0 Å². The number of fused-ring (bicyclic) bond motifs is 1. The number of aryl methyl sites for hydroxylation is 1. The van der Waals surface area contributed by atoms with Crippen LogP contribution in [0.3, 0.4) is 0 Å². The lowest BCUT2D eigenvalue weighted by Gasteiger charge is -2.15. The molecule has 0 fully saturated rings. The van der Waals surface area contributed by atoms with Crippen LogP contribution < -0.4 is 10.6 Å². The number of benzene rings is 1. The zero-order valence-electron chi connectivity index (χ0n) is 14.2. The van der Waals surface area contributed by atoms with Crippen molar-refractivity contribution < 1.29 is 9.50 Å². The maximum atomic E-state index is 13.1. The van der Waals surface area contributed by atoms with Gasteiger partial charge in [0, 0.05) is 12.2 Å². The number of aliphatic hydroxyl groups excluding tert-OH is 1. The Morgan fingerprint density at radius 1 is 1.20 bits per heavy atom. The molecule has 25 heavy (non-hydrogen) atoms. The van der Waals surface area contributed by atoms with E-state index in [4.69, 9.17) is 0 Å². The van der Waals surface area contributed by atoms with Crippen molar-refractivity contribution in [3.63, 3.8) is 0 Å². The Labute approximate surface area is 144 Å². The van der Waals surface area contributed by atoms with E-state index in [1.807, 2.05) is 18.4 Å². The third-order valence-electron chi connectivity index (χ3n) is 3.96. The van der Waals surface area contributed by atoms with Gasteiger partial charge in [0.15, 0.2) is 17.0 Å². The molecular weight excluding hydrogens is 323 g/mol. The molecule has 0 spiro atoms. The maximum absolute atomic E-state index is 13.1. The van der Waals surface area contributed by atoms with Gasteiger partial charge in [-0.15, -0.1) is 0 Å². The molecule has 0 saturated heterocycles. The summed E-state index contributed by atoms with van der Waals surface area (Å²) in [5.41, 5.74) is 2.03. The Morgan fingerprint density at radius 3 is 2.60 bits per heavy atom. The molecule has 8 heteroatoms. The Kier molecular flexibility index (Phi) is 5.08. The molecule has 1 atom stereocenters. The van der Waals surface area contributed by atoms with Crippen molar-refractivity contribution in [2.75, 3.05) is 17.2 Å². The van der Waals surface area contributed by atoms with Gasteiger partial charge in [0.2, 0.25) is 5.95 Å². The SMILES string of the molecule is CCC(CO)Nc1nc(Nc2ccc(F)cc2)c2ncn(CC)c2n1. The van der Waals surface area contributed by atoms with Crippen LogP contribution in [0.15, 0.2) is 30.6 Å². The van der Waals surface area contributed by atoms with Crippen molar-refractivity contribution >= 4 is 28.6 Å². The van der Waals surface area contributed by atoms with Crippen LogP contribution in [0.2, 0.25) is 0 Å². The van der Waals surface area contributed by atoms with Gasteiger partial charge in [-0.1, -0.05) is 6.92 Å². The summed E-state index contributed by atoms with van der Waals surface area (Å²) in [6, 6.07) is 5.90. The third kappa shape index (κ3) is 3.69. The topological polar surface area (TPSA) is 87.9 Å². The number of nitrogens with zero attached hydrogens (tertiary/aromatic N) is 4. The average Bonchev–Trinajstić information content (AvgIpc) is 3.05. The second-order valence-corrected chi connectivity index (χ2v) is 5.66. The number of nitrogens with one attached hydrogen (secondary N) is 2. The molecule has 0 aliphatic heterocycles. The van der Waals surface area contributed by atoms with Crippen molar-refractivity contribution in [2.45, 2.75) is 32.9 Å². The van der Waals surface area contributed by atoms with Crippen LogP contribution in [0.4, 0.5) is 21.8 Å². The maximum Gasteiger partial charge on any atom is 0.227 e. The lowest BCUT2D eigenvalue weighted by Crippen LogP contribution is -2.24. The fraction of sp³-hybridized carbons (Fsp3) is 0.353. The highest BCUT2D eigenvalue weighted by Crippen LogP contribution is 2.24. The summed E-state index contributed by atoms with van der Waals surface area (Å²) in [5.74, 6) is 0.636. The molecule has 1 unspecified atom stereocenters. The Hall–Kier alpha value is -2.74. The molecule has 3 aromatic rings. The molecule has 2 heterocycles. The fourth-order valence-electron chi connectivity index (χ4n) is 2.46. The molecule has 0 saturated carbocycles. The lowest BCUT2D eigenvalue weighted by molar-refractivity contribution is 0.271. The molecule has 0 amide bonds. The monoisotopic (exact) mass is 344 g/mol. The van der Waals surface area contributed by atoms with Crippen LogP contribution in [-0.2, 0) is 6.54 Å². The standard InChI is InChI=1S/C17H21FN6O/c1-3-12(9-25)21-17-22-15(20-13-7-5-11(18)6-8-13)14-16(23-17)24(4-2)10-19-14/h5-8,10,12,25H,3-4,9H2,1-2H3,(H2,20,21,22,23).